The monoisotopic (exact) mass is 234 g/mol. The summed E-state index contributed by atoms with van der Waals surface area (Å²) in [5.41, 5.74) is 6.83. The third-order valence-electron chi connectivity index (χ3n) is 4.16. The SMILES string of the molecule is NCC(F)(C1CC1)C1NCCc2ccccc21. The molecule has 0 saturated heterocycles. The van der Waals surface area contributed by atoms with E-state index in [1.807, 2.05) is 18.2 Å². The second-order valence-electron chi connectivity index (χ2n) is 5.24. The van der Waals surface area contributed by atoms with Gasteiger partial charge in [0.05, 0.1) is 6.04 Å². The van der Waals surface area contributed by atoms with E-state index < -0.39 is 5.67 Å². The van der Waals surface area contributed by atoms with Gasteiger partial charge in [-0.2, -0.15) is 0 Å². The molecule has 1 aliphatic carbocycles. The Morgan fingerprint density at radius 3 is 2.82 bits per heavy atom. The predicted octanol–water partition coefficient (Wildman–Crippen LogP) is 1.95. The van der Waals surface area contributed by atoms with E-state index >= 15 is 4.39 Å². The molecule has 2 unspecified atom stereocenters. The number of hydrogen-bond acceptors (Lipinski definition) is 2. The first-order valence-electron chi connectivity index (χ1n) is 6.46. The van der Waals surface area contributed by atoms with Crippen LogP contribution < -0.4 is 11.1 Å². The maximum Gasteiger partial charge on any atom is 0.145 e. The van der Waals surface area contributed by atoms with Gasteiger partial charge in [0, 0.05) is 6.54 Å². The van der Waals surface area contributed by atoms with Crippen LogP contribution in [0.2, 0.25) is 0 Å². The van der Waals surface area contributed by atoms with Gasteiger partial charge in [-0.15, -0.1) is 0 Å². The Labute approximate surface area is 101 Å². The van der Waals surface area contributed by atoms with Gasteiger partial charge in [0.25, 0.3) is 0 Å². The number of nitrogens with two attached hydrogens (primary N) is 1. The van der Waals surface area contributed by atoms with Crippen molar-refractivity contribution in [3.8, 4) is 0 Å². The highest BCUT2D eigenvalue weighted by atomic mass is 19.1. The van der Waals surface area contributed by atoms with E-state index in [0.717, 1.165) is 31.4 Å². The Morgan fingerprint density at radius 2 is 2.12 bits per heavy atom. The molecule has 2 atom stereocenters. The maximum absolute atomic E-state index is 15.1. The molecule has 0 amide bonds. The molecule has 1 aliphatic heterocycles. The number of benzene rings is 1. The van der Waals surface area contributed by atoms with Gasteiger partial charge in [-0.1, -0.05) is 24.3 Å². The van der Waals surface area contributed by atoms with Gasteiger partial charge in [-0.3, -0.25) is 0 Å². The average molecular weight is 234 g/mol. The number of hydrogen-bond donors (Lipinski definition) is 2. The zero-order valence-corrected chi connectivity index (χ0v) is 9.95. The van der Waals surface area contributed by atoms with Crippen LogP contribution in [0.25, 0.3) is 0 Å². The number of alkyl halides is 1. The predicted molar refractivity (Wildman–Crippen MR) is 66.5 cm³/mol. The first-order chi connectivity index (χ1) is 8.25. The van der Waals surface area contributed by atoms with Crippen LogP contribution >= 0.6 is 0 Å². The summed E-state index contributed by atoms with van der Waals surface area (Å²) in [6, 6.07) is 7.94. The summed E-state index contributed by atoms with van der Waals surface area (Å²) in [7, 11) is 0. The molecule has 0 aromatic heterocycles. The van der Waals surface area contributed by atoms with Crippen LogP contribution in [-0.4, -0.2) is 18.8 Å². The number of halogens is 1. The number of rotatable bonds is 3. The first-order valence-corrected chi connectivity index (χ1v) is 6.46. The van der Waals surface area contributed by atoms with Crippen LogP contribution in [0.5, 0.6) is 0 Å². The minimum Gasteiger partial charge on any atom is -0.327 e. The van der Waals surface area contributed by atoms with Crippen molar-refractivity contribution in [1.82, 2.24) is 5.32 Å². The quantitative estimate of drug-likeness (QED) is 0.839. The van der Waals surface area contributed by atoms with Crippen molar-refractivity contribution >= 4 is 0 Å². The van der Waals surface area contributed by atoms with E-state index in [1.54, 1.807) is 0 Å². The van der Waals surface area contributed by atoms with Gasteiger partial charge in [0.2, 0.25) is 0 Å². The molecule has 3 rings (SSSR count). The summed E-state index contributed by atoms with van der Waals surface area (Å²) in [5, 5.41) is 3.33. The van der Waals surface area contributed by atoms with Gasteiger partial charge < -0.3 is 11.1 Å². The molecule has 0 bridgehead atoms. The molecule has 0 spiro atoms. The normalized spacial score (nSPS) is 27.3. The molecule has 1 fully saturated rings. The fourth-order valence-corrected chi connectivity index (χ4v) is 3.02. The third-order valence-corrected chi connectivity index (χ3v) is 4.16. The summed E-state index contributed by atoms with van der Waals surface area (Å²) in [5.74, 6) is 0.149. The molecule has 2 nitrogen and oxygen atoms in total. The summed E-state index contributed by atoms with van der Waals surface area (Å²) >= 11 is 0. The summed E-state index contributed by atoms with van der Waals surface area (Å²) in [4.78, 5) is 0. The average Bonchev–Trinajstić information content (AvgIpc) is 3.22. The Morgan fingerprint density at radius 1 is 1.35 bits per heavy atom. The van der Waals surface area contributed by atoms with Crippen LogP contribution in [0, 0.1) is 5.92 Å². The van der Waals surface area contributed by atoms with Gasteiger partial charge in [-0.25, -0.2) is 4.39 Å². The van der Waals surface area contributed by atoms with E-state index in [2.05, 4.69) is 11.4 Å². The van der Waals surface area contributed by atoms with E-state index in [0.29, 0.717) is 0 Å². The standard InChI is InChI=1S/C14H19FN2/c15-14(9-16,11-5-6-11)13-12-4-2-1-3-10(12)7-8-17-13/h1-4,11,13,17H,5-9,16H2. The Balaban J connectivity index is 1.99. The largest absolute Gasteiger partial charge is 0.327 e. The second kappa shape index (κ2) is 4.07. The van der Waals surface area contributed by atoms with Crippen LogP contribution in [0.15, 0.2) is 24.3 Å². The van der Waals surface area contributed by atoms with E-state index in [-0.39, 0.29) is 18.5 Å². The molecule has 1 aromatic rings. The zero-order chi connectivity index (χ0) is 11.9. The lowest BCUT2D eigenvalue weighted by atomic mass is 9.81. The van der Waals surface area contributed by atoms with Crippen LogP contribution in [0.1, 0.15) is 30.0 Å². The Bertz CT molecular complexity index is 416. The lowest BCUT2D eigenvalue weighted by Gasteiger charge is -2.38. The first kappa shape index (κ1) is 11.2. The molecule has 2 aliphatic rings. The molecule has 1 aromatic carbocycles. The van der Waals surface area contributed by atoms with Crippen molar-refractivity contribution < 1.29 is 4.39 Å². The van der Waals surface area contributed by atoms with Crippen LogP contribution in [0.4, 0.5) is 4.39 Å². The summed E-state index contributed by atoms with van der Waals surface area (Å²) in [6.45, 7) is 0.962. The number of fused-ring (bicyclic) bond motifs is 1. The van der Waals surface area contributed by atoms with Crippen molar-refractivity contribution in [3.63, 3.8) is 0 Å². The molecule has 3 heteroatoms. The summed E-state index contributed by atoms with van der Waals surface area (Å²) < 4.78 is 15.1. The van der Waals surface area contributed by atoms with Gasteiger partial charge in [0.15, 0.2) is 0 Å². The Kier molecular flexibility index (Phi) is 2.68. The van der Waals surface area contributed by atoms with E-state index in [4.69, 9.17) is 5.73 Å². The van der Waals surface area contributed by atoms with Crippen molar-refractivity contribution in [2.45, 2.75) is 31.0 Å². The van der Waals surface area contributed by atoms with Crippen LogP contribution in [-0.2, 0) is 6.42 Å². The molecular weight excluding hydrogens is 215 g/mol. The number of nitrogens with one attached hydrogen (secondary N) is 1. The molecule has 3 N–H and O–H groups in total. The van der Waals surface area contributed by atoms with Crippen LogP contribution in [0.3, 0.4) is 0 Å². The summed E-state index contributed by atoms with van der Waals surface area (Å²) in [6.07, 6.45) is 2.94. The maximum atomic E-state index is 15.1. The second-order valence-corrected chi connectivity index (χ2v) is 5.24. The lowest BCUT2D eigenvalue weighted by Crippen LogP contribution is -2.50. The molecular formula is C14H19FN2. The minimum atomic E-state index is -1.27. The molecule has 1 saturated carbocycles. The topological polar surface area (TPSA) is 38.0 Å². The van der Waals surface area contributed by atoms with Crippen molar-refractivity contribution in [1.29, 1.82) is 0 Å². The highest BCUT2D eigenvalue weighted by Gasteiger charge is 2.51. The zero-order valence-electron chi connectivity index (χ0n) is 9.95. The van der Waals surface area contributed by atoms with Gasteiger partial charge in [0.1, 0.15) is 5.67 Å². The van der Waals surface area contributed by atoms with Gasteiger partial charge in [-0.05, 0) is 42.9 Å². The van der Waals surface area contributed by atoms with Crippen molar-refractivity contribution in [2.24, 2.45) is 11.7 Å². The highest BCUT2D eigenvalue weighted by Crippen LogP contribution is 2.49. The minimum absolute atomic E-state index is 0.115. The Hall–Kier alpha value is -0.930. The van der Waals surface area contributed by atoms with Crippen molar-refractivity contribution in [2.75, 3.05) is 13.1 Å². The molecule has 92 valence electrons. The molecule has 1 heterocycles. The highest BCUT2D eigenvalue weighted by molar-refractivity contribution is 5.35. The van der Waals surface area contributed by atoms with Gasteiger partial charge >= 0.3 is 0 Å². The molecule has 17 heavy (non-hydrogen) atoms. The third kappa shape index (κ3) is 1.78. The fourth-order valence-electron chi connectivity index (χ4n) is 3.02. The smallest absolute Gasteiger partial charge is 0.145 e. The van der Waals surface area contributed by atoms with E-state index in [9.17, 15) is 0 Å². The lowest BCUT2D eigenvalue weighted by molar-refractivity contribution is 0.0837. The molecule has 0 radical (unpaired) electrons. The van der Waals surface area contributed by atoms with Crippen molar-refractivity contribution in [3.05, 3.63) is 35.4 Å². The fraction of sp³-hybridized carbons (Fsp3) is 0.571. The van der Waals surface area contributed by atoms with E-state index in [1.165, 1.54) is 5.56 Å².